The number of aromatic nitrogens is 4. The molecule has 2 aromatic heterocycles. The van der Waals surface area contributed by atoms with Crippen LogP contribution in [-0.4, -0.2) is 37.1 Å². The molecule has 2 aromatic rings. The third kappa shape index (κ3) is 3.79. The van der Waals surface area contributed by atoms with Gasteiger partial charge < -0.3 is 10.4 Å². The predicted molar refractivity (Wildman–Crippen MR) is 78.5 cm³/mol. The second-order valence-corrected chi connectivity index (χ2v) is 5.12. The Balaban J connectivity index is 2.19. The van der Waals surface area contributed by atoms with E-state index in [1.165, 1.54) is 17.1 Å². The minimum Gasteiger partial charge on any atom is -0.465 e. The van der Waals surface area contributed by atoms with Crippen LogP contribution in [0, 0.1) is 0 Å². The summed E-state index contributed by atoms with van der Waals surface area (Å²) in [5, 5.41) is 14.4. The lowest BCUT2D eigenvalue weighted by Crippen LogP contribution is -2.29. The van der Waals surface area contributed by atoms with Crippen molar-refractivity contribution >= 4 is 22.0 Å². The second-order valence-electron chi connectivity index (χ2n) is 4.20. The minimum atomic E-state index is -1.28. The molecule has 8 nitrogen and oxygen atoms in total. The van der Waals surface area contributed by atoms with Gasteiger partial charge in [-0.2, -0.15) is 5.10 Å². The molecule has 0 aromatic carbocycles. The van der Waals surface area contributed by atoms with Gasteiger partial charge in [-0.05, 0) is 33.6 Å². The summed E-state index contributed by atoms with van der Waals surface area (Å²) in [6.45, 7) is -0.402. The summed E-state index contributed by atoms with van der Waals surface area (Å²) < 4.78 is 15.7. The second kappa shape index (κ2) is 6.98. The molecule has 0 radical (unpaired) electrons. The van der Waals surface area contributed by atoms with Crippen molar-refractivity contribution in [1.29, 1.82) is 0 Å². The summed E-state index contributed by atoms with van der Waals surface area (Å²) in [6, 6.07) is 3.34. The van der Waals surface area contributed by atoms with Crippen LogP contribution in [0.25, 0.3) is 5.82 Å². The Labute approximate surface area is 132 Å². The molecule has 0 fully saturated rings. The zero-order valence-electron chi connectivity index (χ0n) is 11.1. The Morgan fingerprint density at radius 1 is 1.50 bits per heavy atom. The van der Waals surface area contributed by atoms with Gasteiger partial charge in [0.05, 0.1) is 12.9 Å². The third-order valence-corrected chi connectivity index (χ3v) is 3.13. The highest BCUT2D eigenvalue weighted by Crippen LogP contribution is 2.09. The number of hydrogen-bond donors (Lipinski definition) is 2. The maximum atomic E-state index is 12.7. The molecule has 22 heavy (non-hydrogen) atoms. The number of pyridine rings is 1. The number of rotatable bonds is 5. The summed E-state index contributed by atoms with van der Waals surface area (Å²) in [6.07, 6.45) is 1.76. The summed E-state index contributed by atoms with van der Waals surface area (Å²) in [7, 11) is 0. The van der Waals surface area contributed by atoms with Crippen molar-refractivity contribution < 1.29 is 14.3 Å². The molecule has 2 rings (SSSR count). The van der Waals surface area contributed by atoms with Crippen molar-refractivity contribution in [3.8, 4) is 5.82 Å². The van der Waals surface area contributed by atoms with E-state index in [1.54, 1.807) is 12.1 Å². The number of carboxylic acid groups (broad SMARTS) is 1. The van der Waals surface area contributed by atoms with Gasteiger partial charge in [0.25, 0.3) is 0 Å². The van der Waals surface area contributed by atoms with Gasteiger partial charge in [-0.1, -0.05) is 0 Å². The molecule has 0 spiro atoms. The fourth-order valence-electron chi connectivity index (χ4n) is 1.62. The van der Waals surface area contributed by atoms with Crippen LogP contribution < -0.4 is 11.0 Å². The van der Waals surface area contributed by atoms with Crippen molar-refractivity contribution in [2.75, 3.05) is 6.54 Å². The number of halogens is 2. The standard InChI is InChI=1S/C12H11BrFN5O3/c13-9-1-2-10(15-5-9)18-7-17-19(12(18)22)6-8(3-14)4-16-11(20)21/h1-3,5,7,16H,4,6H2,(H,20,21)/b8-3-. The van der Waals surface area contributed by atoms with Crippen molar-refractivity contribution in [2.24, 2.45) is 0 Å². The average Bonchev–Trinajstić information content (AvgIpc) is 2.85. The van der Waals surface area contributed by atoms with Crippen molar-refractivity contribution in [2.45, 2.75) is 6.54 Å². The van der Waals surface area contributed by atoms with Crippen molar-refractivity contribution in [1.82, 2.24) is 24.6 Å². The van der Waals surface area contributed by atoms with Crippen LogP contribution in [0.1, 0.15) is 0 Å². The van der Waals surface area contributed by atoms with Crippen LogP contribution in [0.15, 0.2) is 45.8 Å². The van der Waals surface area contributed by atoms with Gasteiger partial charge in [-0.15, -0.1) is 0 Å². The largest absolute Gasteiger partial charge is 0.465 e. The van der Waals surface area contributed by atoms with Crippen LogP contribution in [0.4, 0.5) is 9.18 Å². The first-order valence-corrected chi connectivity index (χ1v) is 6.82. The quantitative estimate of drug-likeness (QED) is 0.824. The molecule has 2 N–H and O–H groups in total. The summed E-state index contributed by atoms with van der Waals surface area (Å²) in [5.41, 5.74) is -0.442. The lowest BCUT2D eigenvalue weighted by molar-refractivity contribution is 0.195. The fourth-order valence-corrected chi connectivity index (χ4v) is 1.86. The highest BCUT2D eigenvalue weighted by atomic mass is 79.9. The van der Waals surface area contributed by atoms with E-state index in [-0.39, 0.29) is 25.0 Å². The Kier molecular flexibility index (Phi) is 5.04. The third-order valence-electron chi connectivity index (χ3n) is 2.67. The summed E-state index contributed by atoms with van der Waals surface area (Å²) >= 11 is 3.24. The van der Waals surface area contributed by atoms with Gasteiger partial charge in [0, 0.05) is 17.2 Å². The number of hydrogen-bond acceptors (Lipinski definition) is 4. The fraction of sp³-hybridized carbons (Fsp3) is 0.167. The molecule has 1 amide bonds. The minimum absolute atomic E-state index is 0.0681. The summed E-state index contributed by atoms with van der Waals surface area (Å²) in [5.74, 6) is 0.369. The van der Waals surface area contributed by atoms with Crippen molar-refractivity contribution in [3.63, 3.8) is 0 Å². The maximum absolute atomic E-state index is 12.7. The monoisotopic (exact) mass is 371 g/mol. The van der Waals surface area contributed by atoms with E-state index >= 15 is 0 Å². The Bertz CT molecular complexity index is 753. The van der Waals surface area contributed by atoms with Gasteiger partial charge in [0.1, 0.15) is 12.1 Å². The van der Waals surface area contributed by atoms with E-state index in [9.17, 15) is 14.0 Å². The number of carbonyl (C=O) groups is 1. The number of amides is 1. The predicted octanol–water partition coefficient (Wildman–Crippen LogP) is 1.31. The zero-order chi connectivity index (χ0) is 16.1. The molecule has 0 saturated carbocycles. The summed E-state index contributed by atoms with van der Waals surface area (Å²) in [4.78, 5) is 26.6. The van der Waals surface area contributed by atoms with Gasteiger partial charge in [0.15, 0.2) is 0 Å². The Morgan fingerprint density at radius 3 is 2.86 bits per heavy atom. The van der Waals surface area contributed by atoms with Crippen LogP contribution in [-0.2, 0) is 6.54 Å². The van der Waals surface area contributed by atoms with Crippen LogP contribution >= 0.6 is 15.9 Å². The highest BCUT2D eigenvalue weighted by Gasteiger charge is 2.10. The molecule has 10 heteroatoms. The molecule has 0 aliphatic carbocycles. The van der Waals surface area contributed by atoms with E-state index in [1.807, 2.05) is 5.32 Å². The van der Waals surface area contributed by atoms with E-state index < -0.39 is 11.8 Å². The van der Waals surface area contributed by atoms with E-state index in [4.69, 9.17) is 5.11 Å². The lowest BCUT2D eigenvalue weighted by atomic mass is 10.3. The van der Waals surface area contributed by atoms with Gasteiger partial charge >= 0.3 is 11.8 Å². The smallest absolute Gasteiger partial charge is 0.404 e. The SMILES string of the molecule is O=C(O)NC/C(=C/F)Cn1ncn(-c2ccc(Br)cn2)c1=O. The lowest BCUT2D eigenvalue weighted by Gasteiger charge is -2.05. The van der Waals surface area contributed by atoms with E-state index in [0.717, 1.165) is 9.15 Å². The van der Waals surface area contributed by atoms with Gasteiger partial charge in [-0.3, -0.25) is 0 Å². The molecule has 0 bridgehead atoms. The van der Waals surface area contributed by atoms with Crippen LogP contribution in [0.2, 0.25) is 0 Å². The first kappa shape index (κ1) is 15.9. The van der Waals surface area contributed by atoms with Crippen molar-refractivity contribution in [3.05, 3.63) is 51.5 Å². The normalized spacial score (nSPS) is 11.5. The van der Waals surface area contributed by atoms with Crippen LogP contribution in [0.5, 0.6) is 0 Å². The van der Waals surface area contributed by atoms with Gasteiger partial charge in [0.2, 0.25) is 0 Å². The number of nitrogens with zero attached hydrogens (tertiary/aromatic N) is 4. The maximum Gasteiger partial charge on any atom is 0.404 e. The van der Waals surface area contributed by atoms with E-state index in [2.05, 4.69) is 26.0 Å². The first-order chi connectivity index (χ1) is 10.5. The molecule has 0 saturated heterocycles. The molecule has 0 atom stereocenters. The molecular weight excluding hydrogens is 361 g/mol. The topological polar surface area (TPSA) is 102 Å². The number of nitrogens with one attached hydrogen (secondary N) is 1. The Morgan fingerprint density at radius 2 is 2.27 bits per heavy atom. The molecular formula is C12H11BrFN5O3. The molecule has 0 aliphatic rings. The highest BCUT2D eigenvalue weighted by molar-refractivity contribution is 9.10. The first-order valence-electron chi connectivity index (χ1n) is 6.02. The molecule has 0 unspecified atom stereocenters. The molecule has 116 valence electrons. The Hall–Kier alpha value is -2.49. The molecule has 0 aliphatic heterocycles. The van der Waals surface area contributed by atoms with Gasteiger partial charge in [-0.25, -0.2) is 28.2 Å². The zero-order valence-corrected chi connectivity index (χ0v) is 12.7. The average molecular weight is 372 g/mol. The molecule has 2 heterocycles. The van der Waals surface area contributed by atoms with E-state index in [0.29, 0.717) is 5.82 Å². The van der Waals surface area contributed by atoms with Crippen LogP contribution in [0.3, 0.4) is 0 Å².